The van der Waals surface area contributed by atoms with E-state index in [2.05, 4.69) is 17.9 Å². The van der Waals surface area contributed by atoms with Gasteiger partial charge in [0.2, 0.25) is 0 Å². The number of likely N-dealkylation sites (tertiary alicyclic amines) is 1. The first-order valence-electron chi connectivity index (χ1n) is 5.46. The van der Waals surface area contributed by atoms with Gasteiger partial charge < -0.3 is 0 Å². The number of nitrogens with zero attached hydrogens (tertiary/aromatic N) is 2. The Balaban J connectivity index is 2.27. The summed E-state index contributed by atoms with van der Waals surface area (Å²) in [5.74, 6) is 0.925. The normalized spacial score (nSPS) is 25.1. The molecule has 13 heavy (non-hydrogen) atoms. The number of hydrogen-bond donors (Lipinski definition) is 0. The predicted molar refractivity (Wildman–Crippen MR) is 54.3 cm³/mol. The topological polar surface area (TPSA) is 27.0 Å². The van der Waals surface area contributed by atoms with Crippen molar-refractivity contribution in [1.82, 2.24) is 4.90 Å². The third-order valence-electron chi connectivity index (χ3n) is 2.93. The second kappa shape index (κ2) is 5.99. The van der Waals surface area contributed by atoms with Crippen LogP contribution in [0.15, 0.2) is 0 Å². The zero-order chi connectivity index (χ0) is 9.52. The van der Waals surface area contributed by atoms with Crippen LogP contribution in [0.1, 0.15) is 39.0 Å². The molecule has 0 aromatic carbocycles. The average Bonchev–Trinajstić information content (AvgIpc) is 2.33. The van der Waals surface area contributed by atoms with Crippen molar-refractivity contribution in [2.24, 2.45) is 5.92 Å². The molecular formula is C11H20N2. The Labute approximate surface area is 81.5 Å². The molecule has 1 unspecified atom stereocenters. The minimum absolute atomic E-state index is 0.624. The summed E-state index contributed by atoms with van der Waals surface area (Å²) >= 11 is 0. The van der Waals surface area contributed by atoms with E-state index < -0.39 is 0 Å². The van der Waals surface area contributed by atoms with Gasteiger partial charge in [0.15, 0.2) is 0 Å². The van der Waals surface area contributed by atoms with Gasteiger partial charge in [0.25, 0.3) is 0 Å². The van der Waals surface area contributed by atoms with Gasteiger partial charge in [0.1, 0.15) is 0 Å². The summed E-state index contributed by atoms with van der Waals surface area (Å²) in [4.78, 5) is 2.29. The fraction of sp³-hybridized carbons (Fsp3) is 0.909. The Kier molecular flexibility index (Phi) is 4.85. The van der Waals surface area contributed by atoms with Gasteiger partial charge in [-0.25, -0.2) is 0 Å². The van der Waals surface area contributed by atoms with Gasteiger partial charge in [0, 0.05) is 0 Å². The lowest BCUT2D eigenvalue weighted by Crippen LogP contribution is -2.24. The highest BCUT2D eigenvalue weighted by atomic mass is 15.1. The average molecular weight is 180 g/mol. The van der Waals surface area contributed by atoms with Crippen LogP contribution >= 0.6 is 0 Å². The van der Waals surface area contributed by atoms with E-state index in [1.807, 2.05) is 0 Å². The van der Waals surface area contributed by atoms with Gasteiger partial charge in [0.05, 0.1) is 12.6 Å². The maximum atomic E-state index is 8.59. The van der Waals surface area contributed by atoms with Crippen molar-refractivity contribution in [3.05, 3.63) is 0 Å². The lowest BCUT2D eigenvalue weighted by Gasteiger charge is -2.15. The molecule has 0 radical (unpaired) electrons. The molecule has 1 aliphatic rings. The largest absolute Gasteiger partial charge is 0.291 e. The molecule has 1 fully saturated rings. The highest BCUT2D eigenvalue weighted by molar-refractivity contribution is 4.79. The van der Waals surface area contributed by atoms with E-state index in [4.69, 9.17) is 5.26 Å². The molecule has 1 aliphatic heterocycles. The highest BCUT2D eigenvalue weighted by Gasteiger charge is 2.15. The fourth-order valence-corrected chi connectivity index (χ4v) is 2.18. The number of rotatable bonds is 3. The van der Waals surface area contributed by atoms with Gasteiger partial charge in [-0.15, -0.1) is 0 Å². The molecule has 74 valence electrons. The van der Waals surface area contributed by atoms with Crippen LogP contribution in [0.25, 0.3) is 0 Å². The van der Waals surface area contributed by atoms with Crippen molar-refractivity contribution >= 4 is 0 Å². The summed E-state index contributed by atoms with van der Waals surface area (Å²) in [7, 11) is 0. The van der Waals surface area contributed by atoms with Gasteiger partial charge >= 0.3 is 0 Å². The Morgan fingerprint density at radius 3 is 2.92 bits per heavy atom. The third kappa shape index (κ3) is 3.78. The van der Waals surface area contributed by atoms with E-state index in [1.165, 1.54) is 32.1 Å². The molecule has 0 bridgehead atoms. The summed E-state index contributed by atoms with van der Waals surface area (Å²) in [5, 5.41) is 8.59. The van der Waals surface area contributed by atoms with Crippen molar-refractivity contribution in [2.45, 2.75) is 39.0 Å². The van der Waals surface area contributed by atoms with Crippen molar-refractivity contribution < 1.29 is 0 Å². The lowest BCUT2D eigenvalue weighted by atomic mass is 9.96. The molecule has 0 saturated carbocycles. The molecule has 1 heterocycles. The molecule has 1 saturated heterocycles. The summed E-state index contributed by atoms with van der Waals surface area (Å²) in [6, 6.07) is 2.24. The zero-order valence-electron chi connectivity index (χ0n) is 8.63. The Hall–Kier alpha value is -0.550. The maximum Gasteiger partial charge on any atom is 0.0865 e. The van der Waals surface area contributed by atoms with E-state index in [0.717, 1.165) is 19.0 Å². The standard InChI is InChI=1S/C11H20N2/c1-2-4-11-5-3-8-13(9-6-11)10-7-12/h11H,2-6,8-10H2,1H3. The molecule has 2 heteroatoms. The van der Waals surface area contributed by atoms with E-state index >= 15 is 0 Å². The molecule has 0 amide bonds. The Morgan fingerprint density at radius 2 is 2.23 bits per heavy atom. The van der Waals surface area contributed by atoms with Crippen molar-refractivity contribution in [2.75, 3.05) is 19.6 Å². The minimum Gasteiger partial charge on any atom is -0.291 e. The van der Waals surface area contributed by atoms with E-state index in [1.54, 1.807) is 0 Å². The van der Waals surface area contributed by atoms with E-state index in [-0.39, 0.29) is 0 Å². The smallest absolute Gasteiger partial charge is 0.0865 e. The molecule has 0 aromatic rings. The lowest BCUT2D eigenvalue weighted by molar-refractivity contribution is 0.311. The predicted octanol–water partition coefficient (Wildman–Crippen LogP) is 2.41. The second-order valence-corrected chi connectivity index (χ2v) is 4.02. The zero-order valence-corrected chi connectivity index (χ0v) is 8.63. The summed E-state index contributed by atoms with van der Waals surface area (Å²) < 4.78 is 0. The van der Waals surface area contributed by atoms with E-state index in [0.29, 0.717) is 6.54 Å². The summed E-state index contributed by atoms with van der Waals surface area (Å²) in [5.41, 5.74) is 0. The van der Waals surface area contributed by atoms with Crippen LogP contribution in [0, 0.1) is 17.2 Å². The van der Waals surface area contributed by atoms with Crippen LogP contribution in [0.5, 0.6) is 0 Å². The van der Waals surface area contributed by atoms with Crippen LogP contribution in [0.2, 0.25) is 0 Å². The first-order valence-corrected chi connectivity index (χ1v) is 5.46. The first-order chi connectivity index (χ1) is 6.36. The number of hydrogen-bond acceptors (Lipinski definition) is 2. The van der Waals surface area contributed by atoms with Crippen molar-refractivity contribution in [1.29, 1.82) is 5.26 Å². The van der Waals surface area contributed by atoms with Gasteiger partial charge in [-0.2, -0.15) is 5.26 Å². The highest BCUT2D eigenvalue weighted by Crippen LogP contribution is 2.21. The van der Waals surface area contributed by atoms with Crippen LogP contribution in [-0.4, -0.2) is 24.5 Å². The minimum atomic E-state index is 0.624. The third-order valence-corrected chi connectivity index (χ3v) is 2.93. The molecule has 1 rings (SSSR count). The molecule has 0 spiro atoms. The number of nitriles is 1. The van der Waals surface area contributed by atoms with Gasteiger partial charge in [-0.3, -0.25) is 4.90 Å². The van der Waals surface area contributed by atoms with Gasteiger partial charge in [-0.1, -0.05) is 19.8 Å². The van der Waals surface area contributed by atoms with Crippen LogP contribution in [0.3, 0.4) is 0 Å². The summed E-state index contributed by atoms with van der Waals surface area (Å²) in [6.45, 7) is 5.16. The molecular weight excluding hydrogens is 160 g/mol. The Bertz CT molecular complexity index is 171. The van der Waals surface area contributed by atoms with E-state index in [9.17, 15) is 0 Å². The molecule has 2 nitrogen and oxygen atoms in total. The SMILES string of the molecule is CCCC1CCCN(CC#N)CC1. The summed E-state index contributed by atoms with van der Waals surface area (Å²) in [6.07, 6.45) is 6.64. The van der Waals surface area contributed by atoms with Crippen LogP contribution in [-0.2, 0) is 0 Å². The van der Waals surface area contributed by atoms with Crippen molar-refractivity contribution in [3.63, 3.8) is 0 Å². The monoisotopic (exact) mass is 180 g/mol. The second-order valence-electron chi connectivity index (χ2n) is 4.02. The first kappa shape index (κ1) is 10.5. The molecule has 0 aliphatic carbocycles. The molecule has 0 N–H and O–H groups in total. The molecule has 1 atom stereocenters. The van der Waals surface area contributed by atoms with Gasteiger partial charge in [-0.05, 0) is 38.3 Å². The Morgan fingerprint density at radius 1 is 1.38 bits per heavy atom. The van der Waals surface area contributed by atoms with Crippen LogP contribution in [0.4, 0.5) is 0 Å². The van der Waals surface area contributed by atoms with Crippen molar-refractivity contribution in [3.8, 4) is 6.07 Å². The fourth-order valence-electron chi connectivity index (χ4n) is 2.18. The maximum absolute atomic E-state index is 8.59. The van der Waals surface area contributed by atoms with Crippen LogP contribution < -0.4 is 0 Å². The molecule has 0 aromatic heterocycles. The quantitative estimate of drug-likeness (QED) is 0.624.